The van der Waals surface area contributed by atoms with Crippen LogP contribution in [0.5, 0.6) is 0 Å². The molecule has 2 aromatic rings. The van der Waals surface area contributed by atoms with Gasteiger partial charge in [0.05, 0.1) is 5.75 Å². The zero-order valence-corrected chi connectivity index (χ0v) is 14.1. The van der Waals surface area contributed by atoms with Gasteiger partial charge >= 0.3 is 0 Å². The number of carbonyl (C=O) groups excluding carboxylic acids is 1. The third kappa shape index (κ3) is 5.34. The van der Waals surface area contributed by atoms with Gasteiger partial charge in [-0.15, -0.1) is 0 Å². The van der Waals surface area contributed by atoms with Crippen molar-refractivity contribution in [2.45, 2.75) is 19.8 Å². The van der Waals surface area contributed by atoms with Gasteiger partial charge in [-0.25, -0.2) is 12.8 Å². The molecule has 0 aliphatic carbocycles. The lowest BCUT2D eigenvalue weighted by atomic mass is 10.2. The third-order valence-corrected chi connectivity index (χ3v) is 4.66. The van der Waals surface area contributed by atoms with E-state index in [2.05, 4.69) is 10.0 Å². The first kappa shape index (κ1) is 17.9. The van der Waals surface area contributed by atoms with Gasteiger partial charge in [0.2, 0.25) is 10.0 Å². The van der Waals surface area contributed by atoms with Crippen LogP contribution in [0.25, 0.3) is 0 Å². The maximum atomic E-state index is 12.8. The first-order valence-electron chi connectivity index (χ1n) is 7.57. The minimum atomic E-state index is -3.37. The number of anilines is 2. The van der Waals surface area contributed by atoms with Crippen LogP contribution in [-0.2, 0) is 10.0 Å². The van der Waals surface area contributed by atoms with Gasteiger partial charge in [0, 0.05) is 16.9 Å². The number of benzene rings is 2. The van der Waals surface area contributed by atoms with E-state index in [4.69, 9.17) is 0 Å². The number of rotatable bonds is 7. The Morgan fingerprint density at radius 3 is 2.17 bits per heavy atom. The molecule has 1 amide bonds. The highest BCUT2D eigenvalue weighted by molar-refractivity contribution is 7.92. The first-order valence-corrected chi connectivity index (χ1v) is 9.22. The summed E-state index contributed by atoms with van der Waals surface area (Å²) in [6.07, 6.45) is 1.39. The van der Waals surface area contributed by atoms with Gasteiger partial charge in [0.1, 0.15) is 5.82 Å². The average molecular weight is 350 g/mol. The van der Waals surface area contributed by atoms with Crippen LogP contribution in [0.2, 0.25) is 0 Å². The molecule has 0 radical (unpaired) electrons. The summed E-state index contributed by atoms with van der Waals surface area (Å²) in [6.45, 7) is 1.92. The number of hydrogen-bond donors (Lipinski definition) is 2. The number of halogens is 1. The van der Waals surface area contributed by atoms with Crippen molar-refractivity contribution in [1.29, 1.82) is 0 Å². The Morgan fingerprint density at radius 1 is 1.00 bits per heavy atom. The van der Waals surface area contributed by atoms with E-state index in [-0.39, 0.29) is 17.5 Å². The van der Waals surface area contributed by atoms with Crippen LogP contribution in [0.15, 0.2) is 48.5 Å². The summed E-state index contributed by atoms with van der Waals surface area (Å²) in [4.78, 5) is 12.1. The predicted octanol–water partition coefficient (Wildman–Crippen LogP) is 3.62. The minimum absolute atomic E-state index is 0.0658. The molecule has 0 saturated heterocycles. The molecule has 2 rings (SSSR count). The molecule has 0 fully saturated rings. The second kappa shape index (κ2) is 7.92. The second-order valence-corrected chi connectivity index (χ2v) is 7.15. The molecule has 0 atom stereocenters. The smallest absolute Gasteiger partial charge is 0.255 e. The van der Waals surface area contributed by atoms with E-state index >= 15 is 0 Å². The molecule has 0 aliphatic rings. The molecule has 0 saturated carbocycles. The molecule has 0 aliphatic heterocycles. The van der Waals surface area contributed by atoms with Gasteiger partial charge in [-0.1, -0.05) is 13.3 Å². The molecule has 0 bridgehead atoms. The summed E-state index contributed by atoms with van der Waals surface area (Å²) < 4.78 is 39.0. The fraction of sp³-hybridized carbons (Fsp3) is 0.235. The Hall–Kier alpha value is -2.41. The number of unbranched alkanes of at least 4 members (excludes halogenated alkanes) is 1. The Labute approximate surface area is 141 Å². The van der Waals surface area contributed by atoms with Gasteiger partial charge in [-0.3, -0.25) is 9.52 Å². The standard InChI is InChI=1S/C17H19FN2O3S/c1-2-3-12-24(22,23)20-16-8-4-13(5-9-16)17(21)19-15-10-6-14(18)7-11-15/h4-11,20H,2-3,12H2,1H3,(H,19,21). The van der Waals surface area contributed by atoms with Gasteiger partial charge in [-0.05, 0) is 55.0 Å². The highest BCUT2D eigenvalue weighted by Crippen LogP contribution is 2.14. The van der Waals surface area contributed by atoms with Crippen LogP contribution in [-0.4, -0.2) is 20.1 Å². The van der Waals surface area contributed by atoms with Crippen molar-refractivity contribution in [3.05, 3.63) is 59.9 Å². The fourth-order valence-corrected chi connectivity index (χ4v) is 3.26. The highest BCUT2D eigenvalue weighted by atomic mass is 32.2. The van der Waals surface area contributed by atoms with E-state index in [0.717, 1.165) is 6.42 Å². The van der Waals surface area contributed by atoms with Crippen molar-refractivity contribution in [2.24, 2.45) is 0 Å². The largest absolute Gasteiger partial charge is 0.322 e. The first-order chi connectivity index (χ1) is 11.4. The minimum Gasteiger partial charge on any atom is -0.322 e. The van der Waals surface area contributed by atoms with Crippen molar-refractivity contribution < 1.29 is 17.6 Å². The van der Waals surface area contributed by atoms with Crippen LogP contribution in [0.1, 0.15) is 30.1 Å². The average Bonchev–Trinajstić information content (AvgIpc) is 2.55. The fourth-order valence-electron chi connectivity index (χ4n) is 1.99. The SMILES string of the molecule is CCCCS(=O)(=O)Nc1ccc(C(=O)Nc2ccc(F)cc2)cc1. The molecule has 7 heteroatoms. The summed E-state index contributed by atoms with van der Waals surface area (Å²) in [5.41, 5.74) is 1.26. The molecule has 0 unspecified atom stereocenters. The van der Waals surface area contributed by atoms with E-state index in [1.54, 1.807) is 0 Å². The lowest BCUT2D eigenvalue weighted by Crippen LogP contribution is -2.17. The van der Waals surface area contributed by atoms with Crippen molar-refractivity contribution in [3.63, 3.8) is 0 Å². The van der Waals surface area contributed by atoms with Gasteiger partial charge in [0.15, 0.2) is 0 Å². The number of sulfonamides is 1. The number of amides is 1. The van der Waals surface area contributed by atoms with Crippen molar-refractivity contribution in [2.75, 3.05) is 15.8 Å². The molecule has 128 valence electrons. The highest BCUT2D eigenvalue weighted by Gasteiger charge is 2.11. The van der Waals surface area contributed by atoms with Crippen LogP contribution in [0.3, 0.4) is 0 Å². The molecule has 2 aromatic carbocycles. The molecule has 0 aromatic heterocycles. The monoisotopic (exact) mass is 350 g/mol. The molecule has 2 N–H and O–H groups in total. The zero-order valence-electron chi connectivity index (χ0n) is 13.3. The predicted molar refractivity (Wildman–Crippen MR) is 93.1 cm³/mol. The molecule has 0 spiro atoms. The van der Waals surface area contributed by atoms with E-state index in [1.807, 2.05) is 6.92 Å². The Morgan fingerprint density at radius 2 is 1.58 bits per heavy atom. The number of carbonyl (C=O) groups is 1. The number of hydrogen-bond acceptors (Lipinski definition) is 3. The Balaban J connectivity index is 2.00. The third-order valence-electron chi connectivity index (χ3n) is 3.29. The van der Waals surface area contributed by atoms with Crippen LogP contribution >= 0.6 is 0 Å². The Bertz CT molecular complexity index is 788. The summed E-state index contributed by atoms with van der Waals surface area (Å²) in [5, 5.41) is 2.64. The topological polar surface area (TPSA) is 75.3 Å². The molecular formula is C17H19FN2O3S. The second-order valence-electron chi connectivity index (χ2n) is 5.31. The lowest BCUT2D eigenvalue weighted by Gasteiger charge is -2.09. The molecule has 0 heterocycles. The zero-order chi connectivity index (χ0) is 17.6. The maximum absolute atomic E-state index is 12.8. The van der Waals surface area contributed by atoms with Crippen LogP contribution < -0.4 is 10.0 Å². The van der Waals surface area contributed by atoms with Crippen molar-refractivity contribution in [1.82, 2.24) is 0 Å². The van der Waals surface area contributed by atoms with E-state index in [9.17, 15) is 17.6 Å². The van der Waals surface area contributed by atoms with Crippen LogP contribution in [0, 0.1) is 5.82 Å². The van der Waals surface area contributed by atoms with Crippen molar-refractivity contribution in [3.8, 4) is 0 Å². The summed E-state index contributed by atoms with van der Waals surface area (Å²) >= 11 is 0. The van der Waals surface area contributed by atoms with E-state index in [1.165, 1.54) is 48.5 Å². The summed E-state index contributed by atoms with van der Waals surface area (Å²) in [5.74, 6) is -0.675. The number of nitrogens with one attached hydrogen (secondary N) is 2. The molecular weight excluding hydrogens is 331 g/mol. The molecule has 24 heavy (non-hydrogen) atoms. The van der Waals surface area contributed by atoms with E-state index in [0.29, 0.717) is 23.4 Å². The van der Waals surface area contributed by atoms with Gasteiger partial charge in [-0.2, -0.15) is 0 Å². The van der Waals surface area contributed by atoms with Gasteiger partial charge in [0.25, 0.3) is 5.91 Å². The van der Waals surface area contributed by atoms with Crippen molar-refractivity contribution >= 4 is 27.3 Å². The van der Waals surface area contributed by atoms with Crippen LogP contribution in [0.4, 0.5) is 15.8 Å². The summed E-state index contributed by atoms with van der Waals surface area (Å²) in [6, 6.07) is 11.5. The Kier molecular flexibility index (Phi) is 5.92. The summed E-state index contributed by atoms with van der Waals surface area (Å²) in [7, 11) is -3.37. The lowest BCUT2D eigenvalue weighted by molar-refractivity contribution is 0.102. The normalized spacial score (nSPS) is 11.1. The van der Waals surface area contributed by atoms with E-state index < -0.39 is 10.0 Å². The van der Waals surface area contributed by atoms with Gasteiger partial charge < -0.3 is 5.32 Å². The molecule has 5 nitrogen and oxygen atoms in total. The maximum Gasteiger partial charge on any atom is 0.255 e. The quantitative estimate of drug-likeness (QED) is 0.801.